The van der Waals surface area contributed by atoms with Crippen molar-refractivity contribution in [1.82, 2.24) is 5.32 Å². The lowest BCUT2D eigenvalue weighted by Crippen LogP contribution is -2.33. The van der Waals surface area contributed by atoms with Crippen LogP contribution in [0.5, 0.6) is 0 Å². The van der Waals surface area contributed by atoms with Gasteiger partial charge in [-0.15, -0.1) is 0 Å². The second kappa shape index (κ2) is 8.74. The fourth-order valence-corrected chi connectivity index (χ4v) is 3.25. The van der Waals surface area contributed by atoms with Crippen LogP contribution in [0.4, 0.5) is 0 Å². The molecule has 1 unspecified atom stereocenters. The van der Waals surface area contributed by atoms with Gasteiger partial charge in [-0.05, 0) is 41.7 Å². The van der Waals surface area contributed by atoms with Crippen LogP contribution in [-0.2, 0) is 11.8 Å². The van der Waals surface area contributed by atoms with Crippen LogP contribution < -0.4 is 5.32 Å². The van der Waals surface area contributed by atoms with E-state index in [1.54, 1.807) is 0 Å². The highest BCUT2D eigenvalue weighted by Crippen LogP contribution is 2.22. The highest BCUT2D eigenvalue weighted by Gasteiger charge is 2.14. The van der Waals surface area contributed by atoms with E-state index in [0.29, 0.717) is 6.04 Å². The van der Waals surface area contributed by atoms with Crippen LogP contribution in [0.15, 0.2) is 24.3 Å². The van der Waals surface area contributed by atoms with Crippen LogP contribution >= 0.6 is 11.8 Å². The second-order valence-electron chi connectivity index (χ2n) is 6.48. The molecule has 0 saturated heterocycles. The van der Waals surface area contributed by atoms with Gasteiger partial charge in [0.2, 0.25) is 0 Å². The monoisotopic (exact) mass is 293 g/mol. The number of benzene rings is 1. The van der Waals surface area contributed by atoms with Gasteiger partial charge < -0.3 is 5.32 Å². The van der Waals surface area contributed by atoms with E-state index in [0.717, 1.165) is 13.0 Å². The van der Waals surface area contributed by atoms with E-state index >= 15 is 0 Å². The molecule has 0 spiro atoms. The molecule has 0 saturated carbocycles. The van der Waals surface area contributed by atoms with Crippen molar-refractivity contribution in [1.29, 1.82) is 0 Å². The summed E-state index contributed by atoms with van der Waals surface area (Å²) in [6.45, 7) is 12.3. The molecule has 0 aliphatic carbocycles. The van der Waals surface area contributed by atoms with Crippen molar-refractivity contribution < 1.29 is 0 Å². The van der Waals surface area contributed by atoms with E-state index < -0.39 is 0 Å². The first-order valence-corrected chi connectivity index (χ1v) is 9.03. The van der Waals surface area contributed by atoms with E-state index in [1.165, 1.54) is 29.1 Å². The SMILES string of the molecule is CCCSCC(Cc1ccc(C(C)(C)C)cc1)NCC. The third kappa shape index (κ3) is 6.32. The van der Waals surface area contributed by atoms with Crippen LogP contribution in [0, 0.1) is 0 Å². The molecule has 20 heavy (non-hydrogen) atoms. The smallest absolute Gasteiger partial charge is 0.0198 e. The molecule has 1 rings (SSSR count). The number of rotatable bonds is 8. The summed E-state index contributed by atoms with van der Waals surface area (Å²) in [5.74, 6) is 2.48. The van der Waals surface area contributed by atoms with Crippen LogP contribution in [0.1, 0.15) is 52.2 Å². The maximum absolute atomic E-state index is 3.61. The molecule has 1 aromatic rings. The van der Waals surface area contributed by atoms with Gasteiger partial charge in [0.1, 0.15) is 0 Å². The average Bonchev–Trinajstić information content (AvgIpc) is 2.39. The Balaban J connectivity index is 2.59. The van der Waals surface area contributed by atoms with E-state index in [2.05, 4.69) is 76.0 Å². The van der Waals surface area contributed by atoms with Gasteiger partial charge in [0.15, 0.2) is 0 Å². The number of nitrogens with one attached hydrogen (secondary N) is 1. The molecular formula is C18H31NS. The summed E-state index contributed by atoms with van der Waals surface area (Å²) in [6.07, 6.45) is 2.40. The van der Waals surface area contributed by atoms with Gasteiger partial charge in [0.05, 0.1) is 0 Å². The Morgan fingerprint density at radius 1 is 1.10 bits per heavy atom. The molecular weight excluding hydrogens is 262 g/mol. The van der Waals surface area contributed by atoms with Gasteiger partial charge in [0, 0.05) is 11.8 Å². The van der Waals surface area contributed by atoms with Crippen molar-refractivity contribution in [3.05, 3.63) is 35.4 Å². The summed E-state index contributed by atoms with van der Waals surface area (Å²) in [7, 11) is 0. The number of hydrogen-bond acceptors (Lipinski definition) is 2. The normalized spacial score (nSPS) is 13.4. The molecule has 0 aliphatic heterocycles. The first-order chi connectivity index (χ1) is 9.47. The minimum absolute atomic E-state index is 0.247. The van der Waals surface area contributed by atoms with E-state index in [4.69, 9.17) is 0 Å². The fourth-order valence-electron chi connectivity index (χ4n) is 2.27. The first kappa shape index (κ1) is 17.6. The van der Waals surface area contributed by atoms with Crippen molar-refractivity contribution in [3.63, 3.8) is 0 Å². The lowest BCUT2D eigenvalue weighted by molar-refractivity contribution is 0.570. The molecule has 1 atom stereocenters. The van der Waals surface area contributed by atoms with E-state index in [-0.39, 0.29) is 5.41 Å². The summed E-state index contributed by atoms with van der Waals surface area (Å²) in [5, 5.41) is 3.61. The Bertz CT molecular complexity index is 364. The zero-order valence-electron chi connectivity index (χ0n) is 13.8. The number of hydrogen-bond donors (Lipinski definition) is 1. The van der Waals surface area contributed by atoms with Crippen LogP contribution in [0.25, 0.3) is 0 Å². The van der Waals surface area contributed by atoms with E-state index in [1.807, 2.05) is 0 Å². The quantitative estimate of drug-likeness (QED) is 0.700. The summed E-state index contributed by atoms with van der Waals surface area (Å²) in [5.41, 5.74) is 3.11. The molecule has 0 heterocycles. The molecule has 0 radical (unpaired) electrons. The van der Waals surface area contributed by atoms with Gasteiger partial charge in [-0.1, -0.05) is 58.9 Å². The predicted molar refractivity (Wildman–Crippen MR) is 93.9 cm³/mol. The average molecular weight is 294 g/mol. The lowest BCUT2D eigenvalue weighted by atomic mass is 9.86. The van der Waals surface area contributed by atoms with Gasteiger partial charge in [-0.3, -0.25) is 0 Å². The molecule has 114 valence electrons. The largest absolute Gasteiger partial charge is 0.313 e. The van der Waals surface area contributed by atoms with E-state index in [9.17, 15) is 0 Å². The highest BCUT2D eigenvalue weighted by atomic mass is 32.2. The number of thioether (sulfide) groups is 1. The van der Waals surface area contributed by atoms with Crippen molar-refractivity contribution in [2.24, 2.45) is 0 Å². The molecule has 1 aromatic carbocycles. The van der Waals surface area contributed by atoms with Crippen molar-refractivity contribution in [3.8, 4) is 0 Å². The Kier molecular flexibility index (Phi) is 7.68. The molecule has 0 bridgehead atoms. The molecule has 2 heteroatoms. The van der Waals surface area contributed by atoms with Crippen molar-refractivity contribution in [2.75, 3.05) is 18.1 Å². The van der Waals surface area contributed by atoms with Gasteiger partial charge in [-0.25, -0.2) is 0 Å². The first-order valence-electron chi connectivity index (χ1n) is 7.88. The summed E-state index contributed by atoms with van der Waals surface area (Å²) >= 11 is 2.07. The zero-order valence-corrected chi connectivity index (χ0v) is 14.6. The molecule has 0 aromatic heterocycles. The summed E-state index contributed by atoms with van der Waals surface area (Å²) in [4.78, 5) is 0. The Labute approximate surface area is 129 Å². The molecule has 0 aliphatic rings. The van der Waals surface area contributed by atoms with Crippen molar-refractivity contribution >= 4 is 11.8 Å². The minimum atomic E-state index is 0.247. The van der Waals surface area contributed by atoms with Crippen LogP contribution in [0.2, 0.25) is 0 Å². The third-order valence-electron chi connectivity index (χ3n) is 3.46. The molecule has 1 nitrogen and oxygen atoms in total. The molecule has 1 N–H and O–H groups in total. The topological polar surface area (TPSA) is 12.0 Å². The maximum Gasteiger partial charge on any atom is 0.0198 e. The summed E-state index contributed by atoms with van der Waals surface area (Å²) < 4.78 is 0. The minimum Gasteiger partial charge on any atom is -0.313 e. The predicted octanol–water partition coefficient (Wildman–Crippen LogP) is 4.65. The third-order valence-corrected chi connectivity index (χ3v) is 4.80. The standard InChI is InChI=1S/C18H31NS/c1-6-12-20-14-17(19-7-2)13-15-8-10-16(11-9-15)18(3,4)5/h8-11,17,19H,6-7,12-14H2,1-5H3. The summed E-state index contributed by atoms with van der Waals surface area (Å²) in [6, 6.07) is 9.77. The zero-order chi connectivity index (χ0) is 15.0. The van der Waals surface area contributed by atoms with Crippen LogP contribution in [-0.4, -0.2) is 24.1 Å². The lowest BCUT2D eigenvalue weighted by Gasteiger charge is -2.21. The molecule has 0 fully saturated rings. The van der Waals surface area contributed by atoms with Gasteiger partial charge in [-0.2, -0.15) is 11.8 Å². The van der Waals surface area contributed by atoms with Gasteiger partial charge in [0.25, 0.3) is 0 Å². The van der Waals surface area contributed by atoms with Gasteiger partial charge >= 0.3 is 0 Å². The maximum atomic E-state index is 3.61. The second-order valence-corrected chi connectivity index (χ2v) is 7.63. The number of likely N-dealkylation sites (N-methyl/N-ethyl adjacent to an activating group) is 1. The molecule has 0 amide bonds. The van der Waals surface area contributed by atoms with Crippen LogP contribution in [0.3, 0.4) is 0 Å². The highest BCUT2D eigenvalue weighted by molar-refractivity contribution is 7.99. The Morgan fingerprint density at radius 2 is 1.75 bits per heavy atom. The van der Waals surface area contributed by atoms with Crippen molar-refractivity contribution in [2.45, 2.75) is 58.9 Å². The fraction of sp³-hybridized carbons (Fsp3) is 0.667. The Hall–Kier alpha value is -0.470. The Morgan fingerprint density at radius 3 is 2.25 bits per heavy atom.